The van der Waals surface area contributed by atoms with Crippen LogP contribution in [0.4, 0.5) is 0 Å². The fraction of sp³-hybridized carbons (Fsp3) is 0.222. The standard InChI is InChI=1S/C18H16ClN3S/c19-17-11-20-15-10-16(23-18(15)21-17)14-6-8-22(9-7-14)12-13-4-2-1-3-5-13/h1-6,10-11H,7-9,12H2/i8D2,9D2. The zero-order valence-corrected chi connectivity index (χ0v) is 13.7. The van der Waals surface area contributed by atoms with E-state index in [1.54, 1.807) is 0 Å². The van der Waals surface area contributed by atoms with Crippen LogP contribution in [0, 0.1) is 0 Å². The monoisotopic (exact) mass is 345 g/mol. The number of thiophene rings is 1. The molecule has 4 rings (SSSR count). The first kappa shape index (κ1) is 10.9. The van der Waals surface area contributed by atoms with Crippen LogP contribution in [0.2, 0.25) is 5.15 Å². The van der Waals surface area contributed by atoms with Crippen LogP contribution >= 0.6 is 22.9 Å². The molecule has 116 valence electrons. The number of aromatic nitrogens is 2. The number of benzene rings is 1. The van der Waals surface area contributed by atoms with Crippen molar-refractivity contribution in [3.63, 3.8) is 0 Å². The summed E-state index contributed by atoms with van der Waals surface area (Å²) in [6, 6.07) is 11.2. The Labute approximate surface area is 149 Å². The lowest BCUT2D eigenvalue weighted by Crippen LogP contribution is -2.27. The van der Waals surface area contributed by atoms with Crippen molar-refractivity contribution < 1.29 is 5.48 Å². The smallest absolute Gasteiger partial charge is 0.149 e. The maximum atomic E-state index is 8.50. The maximum Gasteiger partial charge on any atom is 0.149 e. The van der Waals surface area contributed by atoms with E-state index in [0.29, 0.717) is 21.1 Å². The average Bonchev–Trinajstić information content (AvgIpc) is 3.01. The van der Waals surface area contributed by atoms with Gasteiger partial charge in [0.1, 0.15) is 15.5 Å². The molecule has 5 heteroatoms. The van der Waals surface area contributed by atoms with Crippen molar-refractivity contribution in [2.75, 3.05) is 13.0 Å². The highest BCUT2D eigenvalue weighted by Crippen LogP contribution is 2.32. The Hall–Kier alpha value is -1.75. The number of nitrogens with zero attached hydrogens (tertiary/aromatic N) is 3. The number of hydrogen-bond acceptors (Lipinski definition) is 4. The first-order valence-electron chi connectivity index (χ1n) is 9.20. The van der Waals surface area contributed by atoms with Crippen LogP contribution in [0.5, 0.6) is 0 Å². The maximum absolute atomic E-state index is 8.50. The zero-order chi connectivity index (χ0) is 19.2. The summed E-state index contributed by atoms with van der Waals surface area (Å²) < 4.78 is 33.9. The average molecular weight is 346 g/mol. The molecule has 0 atom stereocenters. The zero-order valence-electron chi connectivity index (χ0n) is 16.2. The van der Waals surface area contributed by atoms with E-state index in [0.717, 1.165) is 10.4 Å². The second-order valence-electron chi connectivity index (χ2n) is 5.20. The van der Waals surface area contributed by atoms with Gasteiger partial charge in [0.05, 0.1) is 6.20 Å². The molecule has 23 heavy (non-hydrogen) atoms. The first-order chi connectivity index (χ1) is 12.7. The highest BCUT2D eigenvalue weighted by Gasteiger charge is 2.15. The molecule has 0 aliphatic carbocycles. The molecule has 0 unspecified atom stereocenters. The third-order valence-corrected chi connectivity index (χ3v) is 4.84. The second-order valence-corrected chi connectivity index (χ2v) is 6.62. The second kappa shape index (κ2) is 6.40. The van der Waals surface area contributed by atoms with Crippen molar-refractivity contribution in [2.45, 2.75) is 13.0 Å². The summed E-state index contributed by atoms with van der Waals surface area (Å²) in [5.74, 6) is 0. The van der Waals surface area contributed by atoms with Crippen LogP contribution in [0.25, 0.3) is 15.9 Å². The Bertz CT molecular complexity index is 1020. The minimum Gasteiger partial charge on any atom is -0.295 e. The molecule has 3 heterocycles. The Kier molecular flexibility index (Phi) is 3.04. The van der Waals surface area contributed by atoms with Crippen molar-refractivity contribution in [1.82, 2.24) is 14.9 Å². The first-order valence-corrected chi connectivity index (χ1v) is 8.40. The van der Waals surface area contributed by atoms with E-state index < -0.39 is 13.0 Å². The van der Waals surface area contributed by atoms with Gasteiger partial charge in [-0.3, -0.25) is 9.88 Å². The predicted molar refractivity (Wildman–Crippen MR) is 96.7 cm³/mol. The van der Waals surface area contributed by atoms with Crippen molar-refractivity contribution in [3.8, 4) is 0 Å². The molecule has 0 saturated carbocycles. The molecular formula is C18H16ClN3S. The summed E-state index contributed by atoms with van der Waals surface area (Å²) in [5.41, 5.74) is 2.16. The fourth-order valence-corrected chi connectivity index (χ4v) is 3.59. The van der Waals surface area contributed by atoms with Gasteiger partial charge < -0.3 is 0 Å². The minimum atomic E-state index is -1.93. The minimum absolute atomic E-state index is 0.0832. The van der Waals surface area contributed by atoms with Crippen LogP contribution < -0.4 is 0 Å². The molecule has 1 aromatic carbocycles. The largest absolute Gasteiger partial charge is 0.295 e. The van der Waals surface area contributed by atoms with Crippen LogP contribution in [-0.2, 0) is 6.54 Å². The van der Waals surface area contributed by atoms with E-state index in [1.165, 1.54) is 28.5 Å². The summed E-state index contributed by atoms with van der Waals surface area (Å²) in [6.45, 7) is -3.57. The van der Waals surface area contributed by atoms with Crippen LogP contribution in [0.1, 0.15) is 22.3 Å². The number of halogens is 1. The van der Waals surface area contributed by atoms with E-state index >= 15 is 0 Å². The molecule has 0 fully saturated rings. The topological polar surface area (TPSA) is 29.0 Å². The summed E-state index contributed by atoms with van der Waals surface area (Å²) in [7, 11) is 0. The Balaban J connectivity index is 1.71. The lowest BCUT2D eigenvalue weighted by Gasteiger charge is -2.26. The normalized spacial score (nSPS) is 22.7. The van der Waals surface area contributed by atoms with Crippen LogP contribution in [-0.4, -0.2) is 27.9 Å². The van der Waals surface area contributed by atoms with E-state index in [2.05, 4.69) is 9.97 Å². The van der Waals surface area contributed by atoms with E-state index in [-0.39, 0.29) is 13.0 Å². The summed E-state index contributed by atoms with van der Waals surface area (Å²) in [4.78, 5) is 11.1. The molecule has 0 radical (unpaired) electrons. The highest BCUT2D eigenvalue weighted by atomic mass is 35.5. The van der Waals surface area contributed by atoms with E-state index in [4.69, 9.17) is 17.1 Å². The van der Waals surface area contributed by atoms with Crippen molar-refractivity contribution in [3.05, 3.63) is 64.3 Å². The summed E-state index contributed by atoms with van der Waals surface area (Å²) >= 11 is 7.24. The van der Waals surface area contributed by atoms with Gasteiger partial charge in [0, 0.05) is 29.9 Å². The molecule has 3 aromatic rings. The molecule has 2 aromatic heterocycles. The van der Waals surface area contributed by atoms with Gasteiger partial charge in [-0.2, -0.15) is 0 Å². The third kappa shape index (κ3) is 3.29. The number of rotatable bonds is 3. The lowest BCUT2D eigenvalue weighted by atomic mass is 10.1. The van der Waals surface area contributed by atoms with E-state index in [1.807, 2.05) is 36.4 Å². The van der Waals surface area contributed by atoms with Gasteiger partial charge in [-0.15, -0.1) is 11.3 Å². The van der Waals surface area contributed by atoms with Crippen molar-refractivity contribution in [1.29, 1.82) is 0 Å². The number of hydrogen-bond donors (Lipinski definition) is 0. The molecule has 0 bridgehead atoms. The molecular weight excluding hydrogens is 326 g/mol. The third-order valence-electron chi connectivity index (χ3n) is 3.57. The van der Waals surface area contributed by atoms with Gasteiger partial charge in [-0.1, -0.05) is 48.0 Å². The SMILES string of the molecule is [2H]C1([2H])C=C(c2cc3ncc(Cl)nc3s2)CC([2H])([2H])N1Cc1ccccc1. The van der Waals surface area contributed by atoms with Gasteiger partial charge in [-0.25, -0.2) is 4.98 Å². The Morgan fingerprint density at radius 1 is 1.30 bits per heavy atom. The van der Waals surface area contributed by atoms with Gasteiger partial charge in [0.15, 0.2) is 0 Å². The number of fused-ring (bicyclic) bond motifs is 1. The molecule has 3 nitrogen and oxygen atoms in total. The molecule has 1 aliphatic heterocycles. The van der Waals surface area contributed by atoms with Gasteiger partial charge in [0.25, 0.3) is 0 Å². The quantitative estimate of drug-likeness (QED) is 0.692. The molecule has 0 saturated heterocycles. The highest BCUT2D eigenvalue weighted by molar-refractivity contribution is 7.19. The molecule has 0 amide bonds. The Morgan fingerprint density at radius 3 is 3.00 bits per heavy atom. The van der Waals surface area contributed by atoms with Gasteiger partial charge in [-0.05, 0) is 23.6 Å². The lowest BCUT2D eigenvalue weighted by molar-refractivity contribution is 0.294. The summed E-state index contributed by atoms with van der Waals surface area (Å²) in [6.07, 6.45) is 3.05. The molecule has 0 spiro atoms. The van der Waals surface area contributed by atoms with Crippen LogP contribution in [0.15, 0.2) is 48.7 Å². The summed E-state index contributed by atoms with van der Waals surface area (Å²) in [5, 5.41) is 0.299. The van der Waals surface area contributed by atoms with Crippen molar-refractivity contribution >= 4 is 38.9 Å². The van der Waals surface area contributed by atoms with Gasteiger partial charge >= 0.3 is 0 Å². The van der Waals surface area contributed by atoms with E-state index in [9.17, 15) is 0 Å². The van der Waals surface area contributed by atoms with Crippen molar-refractivity contribution in [2.24, 2.45) is 0 Å². The molecule has 1 aliphatic rings. The van der Waals surface area contributed by atoms with Gasteiger partial charge in [0.2, 0.25) is 0 Å². The predicted octanol–water partition coefficient (Wildman–Crippen LogP) is 4.63. The Morgan fingerprint density at radius 2 is 2.17 bits per heavy atom. The van der Waals surface area contributed by atoms with Crippen LogP contribution in [0.3, 0.4) is 0 Å². The fourth-order valence-electron chi connectivity index (χ4n) is 2.41. The molecule has 0 N–H and O–H groups in total.